The summed E-state index contributed by atoms with van der Waals surface area (Å²) in [6, 6.07) is 10.7. The molecule has 0 unspecified atom stereocenters. The summed E-state index contributed by atoms with van der Waals surface area (Å²) in [6.07, 6.45) is 0.718. The number of piperazine rings is 1. The number of amides is 2. The zero-order chi connectivity index (χ0) is 21.7. The highest BCUT2D eigenvalue weighted by Crippen LogP contribution is 2.30. The van der Waals surface area contributed by atoms with E-state index in [-0.39, 0.29) is 23.9 Å². The molecule has 2 amide bonds. The van der Waals surface area contributed by atoms with E-state index < -0.39 is 10.0 Å². The van der Waals surface area contributed by atoms with Gasteiger partial charge in [0.25, 0.3) is 5.91 Å². The molecule has 1 saturated heterocycles. The standard InChI is InChI=1S/C20H23N3O6S/c1-28-18-8-5-16(13-19(18)29-2)21-20(25)15-3-6-17(7-4-15)30(26,27)23-11-9-22(14-24)10-12-23/h3-8,13-14H,9-12H2,1-2H3,(H,21,25). The van der Waals surface area contributed by atoms with E-state index in [9.17, 15) is 18.0 Å². The summed E-state index contributed by atoms with van der Waals surface area (Å²) in [5.74, 6) is 0.635. The fourth-order valence-electron chi connectivity index (χ4n) is 3.09. The summed E-state index contributed by atoms with van der Waals surface area (Å²) in [7, 11) is -0.660. The maximum atomic E-state index is 12.8. The molecule has 9 nitrogen and oxygen atoms in total. The third kappa shape index (κ3) is 4.55. The number of methoxy groups -OCH3 is 2. The van der Waals surface area contributed by atoms with Gasteiger partial charge < -0.3 is 19.7 Å². The van der Waals surface area contributed by atoms with Crippen molar-refractivity contribution in [3.63, 3.8) is 0 Å². The SMILES string of the molecule is COc1ccc(NC(=O)c2ccc(S(=O)(=O)N3CCN(C=O)CC3)cc2)cc1OC. The van der Waals surface area contributed by atoms with Crippen LogP contribution in [0.25, 0.3) is 0 Å². The van der Waals surface area contributed by atoms with Gasteiger partial charge in [-0.3, -0.25) is 9.59 Å². The second-order valence-corrected chi connectivity index (χ2v) is 8.53. The summed E-state index contributed by atoms with van der Waals surface area (Å²) in [5.41, 5.74) is 0.830. The van der Waals surface area contributed by atoms with Gasteiger partial charge in [-0.1, -0.05) is 0 Å². The molecule has 0 aliphatic carbocycles. The van der Waals surface area contributed by atoms with Crippen LogP contribution in [0.5, 0.6) is 11.5 Å². The molecule has 160 valence electrons. The number of hydrogen-bond donors (Lipinski definition) is 1. The van der Waals surface area contributed by atoms with E-state index in [0.717, 1.165) is 6.41 Å². The lowest BCUT2D eigenvalue weighted by Crippen LogP contribution is -2.47. The number of sulfonamides is 1. The first-order valence-corrected chi connectivity index (χ1v) is 10.7. The van der Waals surface area contributed by atoms with Crippen molar-refractivity contribution in [2.45, 2.75) is 4.90 Å². The van der Waals surface area contributed by atoms with Crippen LogP contribution >= 0.6 is 0 Å². The van der Waals surface area contributed by atoms with Gasteiger partial charge in [-0.05, 0) is 36.4 Å². The fraction of sp³-hybridized carbons (Fsp3) is 0.300. The molecule has 1 aliphatic rings. The molecule has 1 heterocycles. The summed E-state index contributed by atoms with van der Waals surface area (Å²) in [4.78, 5) is 24.9. The van der Waals surface area contributed by atoms with Crippen molar-refractivity contribution in [3.8, 4) is 11.5 Å². The minimum absolute atomic E-state index is 0.102. The second-order valence-electron chi connectivity index (χ2n) is 6.59. The van der Waals surface area contributed by atoms with Crippen molar-refractivity contribution >= 4 is 28.0 Å². The number of nitrogens with zero attached hydrogens (tertiary/aromatic N) is 2. The third-order valence-corrected chi connectivity index (χ3v) is 6.73. The zero-order valence-corrected chi connectivity index (χ0v) is 17.5. The fourth-order valence-corrected chi connectivity index (χ4v) is 4.52. The summed E-state index contributed by atoms with van der Waals surface area (Å²) in [6.45, 7) is 1.19. The normalized spacial score (nSPS) is 14.8. The quantitative estimate of drug-likeness (QED) is 0.662. The average molecular weight is 433 g/mol. The van der Waals surface area contributed by atoms with Crippen molar-refractivity contribution < 1.29 is 27.5 Å². The lowest BCUT2D eigenvalue weighted by molar-refractivity contribution is -0.119. The maximum Gasteiger partial charge on any atom is 0.255 e. The second kappa shape index (κ2) is 9.14. The van der Waals surface area contributed by atoms with E-state index in [2.05, 4.69) is 5.32 Å². The monoisotopic (exact) mass is 433 g/mol. The highest BCUT2D eigenvalue weighted by atomic mass is 32.2. The largest absolute Gasteiger partial charge is 0.493 e. The average Bonchev–Trinajstić information content (AvgIpc) is 2.79. The number of ether oxygens (including phenoxy) is 2. The number of hydrogen-bond acceptors (Lipinski definition) is 6. The Bertz CT molecular complexity index is 1020. The van der Waals surface area contributed by atoms with Crippen LogP contribution in [0.3, 0.4) is 0 Å². The molecule has 1 fully saturated rings. The predicted octanol–water partition coefficient (Wildman–Crippen LogP) is 1.42. The molecular formula is C20H23N3O6S. The van der Waals surface area contributed by atoms with Gasteiger partial charge in [-0.2, -0.15) is 4.31 Å². The summed E-state index contributed by atoms with van der Waals surface area (Å²) < 4.78 is 37.3. The molecule has 0 atom stereocenters. The van der Waals surface area contributed by atoms with Gasteiger partial charge in [-0.25, -0.2) is 8.42 Å². The number of benzene rings is 2. The summed E-state index contributed by atoms with van der Waals surface area (Å²) >= 11 is 0. The van der Waals surface area contributed by atoms with Gasteiger partial charge in [-0.15, -0.1) is 0 Å². The molecule has 0 aromatic heterocycles. The van der Waals surface area contributed by atoms with Crippen LogP contribution in [0.1, 0.15) is 10.4 Å². The van der Waals surface area contributed by atoms with Crippen LogP contribution in [0, 0.1) is 0 Å². The van der Waals surface area contributed by atoms with E-state index in [1.54, 1.807) is 18.2 Å². The Hall–Kier alpha value is -3.11. The molecular weight excluding hydrogens is 410 g/mol. The Balaban J connectivity index is 1.70. The summed E-state index contributed by atoms with van der Waals surface area (Å²) in [5, 5.41) is 2.74. The molecule has 0 radical (unpaired) electrons. The Kier molecular flexibility index (Phi) is 6.58. The predicted molar refractivity (Wildman–Crippen MR) is 110 cm³/mol. The van der Waals surface area contributed by atoms with Gasteiger partial charge in [0.1, 0.15) is 0 Å². The molecule has 0 bridgehead atoms. The maximum absolute atomic E-state index is 12.8. The lowest BCUT2D eigenvalue weighted by atomic mass is 10.2. The Labute approximate surface area is 175 Å². The first-order chi connectivity index (χ1) is 14.4. The number of carbonyl (C=O) groups is 2. The van der Waals surface area contributed by atoms with E-state index in [1.807, 2.05) is 0 Å². The third-order valence-electron chi connectivity index (χ3n) is 4.82. The van der Waals surface area contributed by atoms with Crippen LogP contribution in [0.15, 0.2) is 47.4 Å². The van der Waals surface area contributed by atoms with Crippen LogP contribution in [0.4, 0.5) is 5.69 Å². The van der Waals surface area contributed by atoms with Gasteiger partial charge in [0.2, 0.25) is 16.4 Å². The van der Waals surface area contributed by atoms with Crippen molar-refractivity contribution in [3.05, 3.63) is 48.0 Å². The topological polar surface area (TPSA) is 105 Å². The molecule has 0 saturated carbocycles. The number of carbonyl (C=O) groups excluding carboxylic acids is 2. The molecule has 30 heavy (non-hydrogen) atoms. The lowest BCUT2D eigenvalue weighted by Gasteiger charge is -2.31. The molecule has 1 aliphatic heterocycles. The van der Waals surface area contributed by atoms with Gasteiger partial charge >= 0.3 is 0 Å². The highest BCUT2D eigenvalue weighted by Gasteiger charge is 2.28. The van der Waals surface area contributed by atoms with E-state index in [0.29, 0.717) is 35.8 Å². The van der Waals surface area contributed by atoms with Gasteiger partial charge in [0.05, 0.1) is 19.1 Å². The van der Waals surface area contributed by atoms with Crippen molar-refractivity contribution in [2.75, 3.05) is 45.7 Å². The van der Waals surface area contributed by atoms with Crippen molar-refractivity contribution in [2.24, 2.45) is 0 Å². The molecule has 1 N–H and O–H groups in total. The molecule has 2 aromatic carbocycles. The van der Waals surface area contributed by atoms with Crippen LogP contribution in [0.2, 0.25) is 0 Å². The van der Waals surface area contributed by atoms with Crippen LogP contribution < -0.4 is 14.8 Å². The van der Waals surface area contributed by atoms with Crippen LogP contribution in [-0.4, -0.2) is 70.3 Å². The highest BCUT2D eigenvalue weighted by molar-refractivity contribution is 7.89. The molecule has 0 spiro atoms. The first-order valence-electron chi connectivity index (χ1n) is 9.22. The van der Waals surface area contributed by atoms with Gasteiger partial charge in [0.15, 0.2) is 11.5 Å². The Morgan fingerprint density at radius 1 is 0.967 bits per heavy atom. The first kappa shape index (κ1) is 21.6. The van der Waals surface area contributed by atoms with E-state index in [4.69, 9.17) is 9.47 Å². The van der Waals surface area contributed by atoms with E-state index in [1.165, 1.54) is 47.7 Å². The Morgan fingerprint density at radius 2 is 1.60 bits per heavy atom. The van der Waals surface area contributed by atoms with Crippen molar-refractivity contribution in [1.29, 1.82) is 0 Å². The molecule has 3 rings (SSSR count). The smallest absolute Gasteiger partial charge is 0.255 e. The zero-order valence-electron chi connectivity index (χ0n) is 16.7. The van der Waals surface area contributed by atoms with Crippen molar-refractivity contribution in [1.82, 2.24) is 9.21 Å². The van der Waals surface area contributed by atoms with Gasteiger partial charge in [0, 0.05) is 43.5 Å². The van der Waals surface area contributed by atoms with Crippen LogP contribution in [-0.2, 0) is 14.8 Å². The minimum Gasteiger partial charge on any atom is -0.493 e. The minimum atomic E-state index is -3.68. The Morgan fingerprint density at radius 3 is 2.17 bits per heavy atom. The van der Waals surface area contributed by atoms with E-state index >= 15 is 0 Å². The molecule has 10 heteroatoms. The number of anilines is 1. The number of rotatable bonds is 7. The molecule has 2 aromatic rings. The number of nitrogens with one attached hydrogen (secondary N) is 1.